The predicted molar refractivity (Wildman–Crippen MR) is 95.7 cm³/mol. The van der Waals surface area contributed by atoms with E-state index in [0.29, 0.717) is 16.3 Å². The summed E-state index contributed by atoms with van der Waals surface area (Å²) in [4.78, 5) is 16.9. The second-order valence-electron chi connectivity index (χ2n) is 5.54. The van der Waals surface area contributed by atoms with Gasteiger partial charge in [-0.2, -0.15) is 0 Å². The number of pyridine rings is 1. The van der Waals surface area contributed by atoms with Crippen LogP contribution < -0.4 is 5.32 Å². The van der Waals surface area contributed by atoms with E-state index in [0.717, 1.165) is 21.9 Å². The first-order chi connectivity index (χ1) is 11.6. The van der Waals surface area contributed by atoms with Crippen LogP contribution in [0, 0.1) is 6.92 Å². The van der Waals surface area contributed by atoms with Gasteiger partial charge in [0.15, 0.2) is 11.3 Å². The number of aryl methyl sites for hydroxylation is 1. The van der Waals surface area contributed by atoms with Crippen LogP contribution in [-0.2, 0) is 0 Å². The summed E-state index contributed by atoms with van der Waals surface area (Å²) in [6, 6.07) is 15.1. The maximum atomic E-state index is 12.6. The molecular formula is C19H13ClN2O2. The van der Waals surface area contributed by atoms with E-state index >= 15 is 0 Å². The lowest BCUT2D eigenvalue weighted by molar-refractivity contribution is 0.0998. The van der Waals surface area contributed by atoms with Gasteiger partial charge in [0.05, 0.1) is 22.4 Å². The van der Waals surface area contributed by atoms with Crippen molar-refractivity contribution in [1.29, 1.82) is 0 Å². The van der Waals surface area contributed by atoms with Crippen LogP contribution in [0.5, 0.6) is 0 Å². The van der Waals surface area contributed by atoms with Crippen molar-refractivity contribution in [3.63, 3.8) is 0 Å². The van der Waals surface area contributed by atoms with Crippen molar-refractivity contribution in [2.75, 3.05) is 5.32 Å². The van der Waals surface area contributed by atoms with Gasteiger partial charge in [0.25, 0.3) is 5.91 Å². The van der Waals surface area contributed by atoms with E-state index < -0.39 is 0 Å². The number of carbonyl (C=O) groups is 1. The molecule has 0 aliphatic rings. The molecule has 1 amide bonds. The van der Waals surface area contributed by atoms with E-state index in [1.54, 1.807) is 12.3 Å². The molecule has 2 aromatic carbocycles. The van der Waals surface area contributed by atoms with Crippen LogP contribution in [0.4, 0.5) is 5.69 Å². The highest BCUT2D eigenvalue weighted by Crippen LogP contribution is 2.31. The molecule has 0 atom stereocenters. The SMILES string of the molecule is Cc1c(C(=O)Nc2cnc3ccccc3c2)oc2c(Cl)cccc12. The second kappa shape index (κ2) is 5.65. The van der Waals surface area contributed by atoms with Crippen LogP contribution in [0.3, 0.4) is 0 Å². The number of anilines is 1. The Morgan fingerprint density at radius 2 is 2.00 bits per heavy atom. The molecule has 0 fully saturated rings. The van der Waals surface area contributed by atoms with E-state index in [1.165, 1.54) is 0 Å². The summed E-state index contributed by atoms with van der Waals surface area (Å²) in [5.74, 6) is -0.0666. The third-order valence-corrected chi connectivity index (χ3v) is 4.27. The quantitative estimate of drug-likeness (QED) is 0.547. The first-order valence-electron chi connectivity index (χ1n) is 7.47. The van der Waals surface area contributed by atoms with E-state index in [4.69, 9.17) is 16.0 Å². The Morgan fingerprint density at radius 1 is 1.17 bits per heavy atom. The van der Waals surface area contributed by atoms with Gasteiger partial charge in [0.1, 0.15) is 0 Å². The Balaban J connectivity index is 1.70. The van der Waals surface area contributed by atoms with Gasteiger partial charge in [0, 0.05) is 16.3 Å². The van der Waals surface area contributed by atoms with E-state index in [2.05, 4.69) is 10.3 Å². The summed E-state index contributed by atoms with van der Waals surface area (Å²) >= 11 is 6.14. The number of fused-ring (bicyclic) bond motifs is 2. The summed E-state index contributed by atoms with van der Waals surface area (Å²) in [6.45, 7) is 1.84. The number of nitrogens with one attached hydrogen (secondary N) is 1. The number of hydrogen-bond donors (Lipinski definition) is 1. The molecule has 0 radical (unpaired) electrons. The largest absolute Gasteiger partial charge is 0.449 e. The molecule has 0 saturated heterocycles. The van der Waals surface area contributed by atoms with Crippen LogP contribution in [0.1, 0.15) is 16.1 Å². The van der Waals surface area contributed by atoms with Gasteiger partial charge >= 0.3 is 0 Å². The first-order valence-corrected chi connectivity index (χ1v) is 7.85. The van der Waals surface area contributed by atoms with Gasteiger partial charge in [-0.25, -0.2) is 0 Å². The lowest BCUT2D eigenvalue weighted by atomic mass is 10.1. The maximum absolute atomic E-state index is 12.6. The molecule has 4 rings (SSSR count). The molecule has 5 heteroatoms. The number of benzene rings is 2. The number of halogens is 1. The van der Waals surface area contributed by atoms with Crippen LogP contribution in [0.15, 0.2) is 59.1 Å². The summed E-state index contributed by atoms with van der Waals surface area (Å²) in [5.41, 5.74) is 2.78. The van der Waals surface area contributed by atoms with Crippen molar-refractivity contribution in [3.8, 4) is 0 Å². The Morgan fingerprint density at radius 3 is 2.83 bits per heavy atom. The number of furan rings is 1. The molecule has 0 unspecified atom stereocenters. The molecule has 2 aromatic heterocycles. The Hall–Kier alpha value is -2.85. The standard InChI is InChI=1S/C19H13ClN2O2/c1-11-14-6-4-7-15(20)18(14)24-17(11)19(23)22-13-9-12-5-2-3-8-16(12)21-10-13/h2-10H,1H3,(H,22,23). The minimum Gasteiger partial charge on any atom is -0.449 e. The van der Waals surface area contributed by atoms with Gasteiger partial charge < -0.3 is 9.73 Å². The molecule has 1 N–H and O–H groups in total. The van der Waals surface area contributed by atoms with Crippen molar-refractivity contribution in [1.82, 2.24) is 4.98 Å². The van der Waals surface area contributed by atoms with Crippen molar-refractivity contribution >= 4 is 45.1 Å². The molecule has 4 aromatic rings. The molecule has 0 aliphatic carbocycles. The Kier molecular flexibility index (Phi) is 3.47. The Bertz CT molecular complexity index is 1090. The molecule has 24 heavy (non-hydrogen) atoms. The number of amides is 1. The molecule has 0 spiro atoms. The van der Waals surface area contributed by atoms with Crippen molar-refractivity contribution in [2.45, 2.75) is 6.92 Å². The van der Waals surface area contributed by atoms with Crippen molar-refractivity contribution < 1.29 is 9.21 Å². The fraction of sp³-hybridized carbons (Fsp3) is 0.0526. The van der Waals surface area contributed by atoms with Gasteiger partial charge in [0.2, 0.25) is 0 Å². The van der Waals surface area contributed by atoms with Gasteiger partial charge in [-0.1, -0.05) is 41.9 Å². The van der Waals surface area contributed by atoms with Crippen LogP contribution >= 0.6 is 11.6 Å². The molecule has 2 heterocycles. The third kappa shape index (κ3) is 2.41. The minimum atomic E-state index is -0.322. The summed E-state index contributed by atoms with van der Waals surface area (Å²) < 4.78 is 5.69. The highest BCUT2D eigenvalue weighted by atomic mass is 35.5. The number of nitrogens with zero attached hydrogens (tertiary/aromatic N) is 1. The van der Waals surface area contributed by atoms with Gasteiger partial charge in [-0.15, -0.1) is 0 Å². The zero-order chi connectivity index (χ0) is 16.7. The highest BCUT2D eigenvalue weighted by molar-refractivity contribution is 6.35. The fourth-order valence-corrected chi connectivity index (χ4v) is 2.97. The van der Waals surface area contributed by atoms with Crippen molar-refractivity contribution in [2.24, 2.45) is 0 Å². The zero-order valence-electron chi connectivity index (χ0n) is 12.8. The minimum absolute atomic E-state index is 0.256. The molecular weight excluding hydrogens is 324 g/mol. The number of hydrogen-bond acceptors (Lipinski definition) is 3. The smallest absolute Gasteiger partial charge is 0.291 e. The number of aromatic nitrogens is 1. The van der Waals surface area contributed by atoms with Gasteiger partial charge in [-0.3, -0.25) is 9.78 Å². The highest BCUT2D eigenvalue weighted by Gasteiger charge is 2.19. The Labute approximate surface area is 143 Å². The topological polar surface area (TPSA) is 55.1 Å². The third-order valence-electron chi connectivity index (χ3n) is 3.97. The van der Waals surface area contributed by atoms with Gasteiger partial charge in [-0.05, 0) is 25.1 Å². The van der Waals surface area contributed by atoms with E-state index in [9.17, 15) is 4.79 Å². The first kappa shape index (κ1) is 14.7. The van der Waals surface area contributed by atoms with E-state index in [-0.39, 0.29) is 11.7 Å². The monoisotopic (exact) mass is 336 g/mol. The summed E-state index contributed by atoms with van der Waals surface area (Å²) in [5, 5.41) is 5.12. The number of rotatable bonds is 2. The summed E-state index contributed by atoms with van der Waals surface area (Å²) in [7, 11) is 0. The fourth-order valence-electron chi connectivity index (χ4n) is 2.75. The average Bonchev–Trinajstić information content (AvgIpc) is 2.93. The normalized spacial score (nSPS) is 11.1. The molecule has 0 saturated carbocycles. The molecule has 0 bridgehead atoms. The zero-order valence-corrected chi connectivity index (χ0v) is 13.6. The summed E-state index contributed by atoms with van der Waals surface area (Å²) in [6.07, 6.45) is 1.63. The molecule has 0 aliphatic heterocycles. The number of carbonyl (C=O) groups excluding carboxylic acids is 1. The van der Waals surface area contributed by atoms with E-state index in [1.807, 2.05) is 49.4 Å². The lowest BCUT2D eigenvalue weighted by Gasteiger charge is -2.05. The number of para-hydroxylation sites is 2. The molecule has 118 valence electrons. The average molecular weight is 337 g/mol. The maximum Gasteiger partial charge on any atom is 0.291 e. The van der Waals surface area contributed by atoms with Crippen LogP contribution in [0.2, 0.25) is 5.02 Å². The van der Waals surface area contributed by atoms with Crippen LogP contribution in [0.25, 0.3) is 21.9 Å². The van der Waals surface area contributed by atoms with Crippen molar-refractivity contribution in [3.05, 3.63) is 71.1 Å². The second-order valence-corrected chi connectivity index (χ2v) is 5.95. The predicted octanol–water partition coefficient (Wildman–Crippen LogP) is 5.20. The molecule has 4 nitrogen and oxygen atoms in total. The lowest BCUT2D eigenvalue weighted by Crippen LogP contribution is -2.12. The van der Waals surface area contributed by atoms with Crippen LogP contribution in [-0.4, -0.2) is 10.9 Å².